The Kier molecular flexibility index (Phi) is 5.17. The number of aromatic nitrogens is 1. The number of hydrogen-bond donors (Lipinski definition) is 0. The third-order valence-electron chi connectivity index (χ3n) is 3.73. The van der Waals surface area contributed by atoms with Crippen LogP contribution in [-0.4, -0.2) is 10.8 Å². The molecule has 1 aromatic heterocycles. The maximum atomic E-state index is 12.9. The molecule has 0 aliphatic rings. The van der Waals surface area contributed by atoms with Crippen LogP contribution in [-0.2, 0) is 11.2 Å². The van der Waals surface area contributed by atoms with Crippen LogP contribution in [0.5, 0.6) is 0 Å². The number of pyridine rings is 1. The monoisotopic (exact) mass is 359 g/mol. The summed E-state index contributed by atoms with van der Waals surface area (Å²) in [5, 5.41) is 0. The topological polar surface area (TPSA) is 30.0 Å². The molecule has 22 heavy (non-hydrogen) atoms. The van der Waals surface area contributed by atoms with Crippen LogP contribution in [0, 0.1) is 12.3 Å². The summed E-state index contributed by atoms with van der Waals surface area (Å²) in [6.45, 7) is 8.31. The van der Waals surface area contributed by atoms with Crippen molar-refractivity contribution in [1.29, 1.82) is 0 Å². The normalized spacial score (nSPS) is 13.0. The summed E-state index contributed by atoms with van der Waals surface area (Å²) in [4.78, 5) is 17.1. The van der Waals surface area contributed by atoms with E-state index >= 15 is 0 Å². The molecule has 1 heterocycles. The first-order valence-electron chi connectivity index (χ1n) is 7.47. The average molecular weight is 360 g/mol. The fraction of sp³-hybridized carbons (Fsp3) is 0.368. The third-order valence-corrected chi connectivity index (χ3v) is 4.26. The van der Waals surface area contributed by atoms with Gasteiger partial charge in [0.2, 0.25) is 0 Å². The van der Waals surface area contributed by atoms with E-state index in [0.29, 0.717) is 6.42 Å². The predicted octanol–water partition coefficient (Wildman–Crippen LogP) is 5.09. The molecule has 0 spiro atoms. The summed E-state index contributed by atoms with van der Waals surface area (Å²) in [5.74, 6) is 0.134. The number of Topliss-reactive ketones (excluding diaryl/α,β-unsaturated/α-hetero) is 1. The zero-order valence-electron chi connectivity index (χ0n) is 13.6. The number of benzene rings is 1. The molecule has 2 rings (SSSR count). The van der Waals surface area contributed by atoms with E-state index in [0.717, 1.165) is 21.3 Å². The van der Waals surface area contributed by atoms with Crippen molar-refractivity contribution in [3.8, 4) is 0 Å². The maximum Gasteiger partial charge on any atom is 0.145 e. The van der Waals surface area contributed by atoms with Gasteiger partial charge >= 0.3 is 0 Å². The first kappa shape index (κ1) is 16.9. The van der Waals surface area contributed by atoms with E-state index in [1.54, 1.807) is 6.20 Å². The molecule has 0 fully saturated rings. The highest BCUT2D eigenvalue weighted by atomic mass is 79.9. The molecule has 116 valence electrons. The molecule has 3 heteroatoms. The fourth-order valence-corrected chi connectivity index (χ4v) is 3.11. The molecular weight excluding hydrogens is 338 g/mol. The van der Waals surface area contributed by atoms with E-state index in [-0.39, 0.29) is 17.1 Å². The molecule has 1 aromatic carbocycles. The molecule has 1 unspecified atom stereocenters. The Labute approximate surface area is 141 Å². The van der Waals surface area contributed by atoms with Crippen LogP contribution >= 0.6 is 15.9 Å². The number of carbonyl (C=O) groups is 1. The number of aryl methyl sites for hydroxylation is 1. The van der Waals surface area contributed by atoms with E-state index in [1.807, 2.05) is 43.3 Å². The van der Waals surface area contributed by atoms with Crippen LogP contribution in [0.25, 0.3) is 0 Å². The molecule has 0 aliphatic carbocycles. The van der Waals surface area contributed by atoms with Gasteiger partial charge in [-0.05, 0) is 47.7 Å². The van der Waals surface area contributed by atoms with E-state index in [1.165, 1.54) is 0 Å². The summed E-state index contributed by atoms with van der Waals surface area (Å²) in [6, 6.07) is 12.0. The molecule has 0 radical (unpaired) electrons. The van der Waals surface area contributed by atoms with Crippen LogP contribution < -0.4 is 0 Å². The molecule has 0 amide bonds. The van der Waals surface area contributed by atoms with Gasteiger partial charge < -0.3 is 0 Å². The smallest absolute Gasteiger partial charge is 0.145 e. The minimum atomic E-state index is -0.118. The summed E-state index contributed by atoms with van der Waals surface area (Å²) in [7, 11) is 0. The summed E-state index contributed by atoms with van der Waals surface area (Å²) < 4.78 is 1.03. The van der Waals surface area contributed by atoms with Crippen molar-refractivity contribution in [2.75, 3.05) is 0 Å². The lowest BCUT2D eigenvalue weighted by atomic mass is 9.73. The lowest BCUT2D eigenvalue weighted by molar-refractivity contribution is -0.122. The second-order valence-corrected chi connectivity index (χ2v) is 7.71. The van der Waals surface area contributed by atoms with Crippen LogP contribution in [0.3, 0.4) is 0 Å². The number of rotatable bonds is 4. The first-order chi connectivity index (χ1) is 10.3. The zero-order chi connectivity index (χ0) is 16.3. The molecule has 0 N–H and O–H groups in total. The maximum absolute atomic E-state index is 12.9. The average Bonchev–Trinajstić information content (AvgIpc) is 2.39. The van der Waals surface area contributed by atoms with Gasteiger partial charge in [0, 0.05) is 28.7 Å². The minimum absolute atomic E-state index is 0.117. The molecule has 0 saturated carbocycles. The van der Waals surface area contributed by atoms with Crippen LogP contribution in [0.1, 0.15) is 43.5 Å². The van der Waals surface area contributed by atoms with Crippen LogP contribution in [0.15, 0.2) is 47.1 Å². The van der Waals surface area contributed by atoms with E-state index < -0.39 is 0 Å². The van der Waals surface area contributed by atoms with Crippen molar-refractivity contribution in [1.82, 2.24) is 4.98 Å². The molecule has 0 saturated heterocycles. The van der Waals surface area contributed by atoms with E-state index in [9.17, 15) is 4.79 Å². The molecule has 2 nitrogen and oxygen atoms in total. The standard InChI is InChI=1S/C19H22BrNO/c1-13-11-14(9-10-21-13)12-17(22)18(19(2,3)4)15-5-7-16(20)8-6-15/h5-11,18H,12H2,1-4H3. The van der Waals surface area contributed by atoms with Gasteiger partial charge in [0.05, 0.1) is 0 Å². The SMILES string of the molecule is Cc1cc(CC(=O)C(c2ccc(Br)cc2)C(C)(C)C)ccn1. The summed E-state index contributed by atoms with van der Waals surface area (Å²) in [5.41, 5.74) is 2.93. The first-order valence-corrected chi connectivity index (χ1v) is 8.26. The quantitative estimate of drug-likeness (QED) is 0.760. The van der Waals surface area contributed by atoms with Crippen molar-refractivity contribution < 1.29 is 4.79 Å². The van der Waals surface area contributed by atoms with Gasteiger partial charge in [0.15, 0.2) is 0 Å². The van der Waals surface area contributed by atoms with Gasteiger partial charge in [-0.1, -0.05) is 48.8 Å². The van der Waals surface area contributed by atoms with Crippen molar-refractivity contribution in [2.24, 2.45) is 5.41 Å². The fourth-order valence-electron chi connectivity index (χ4n) is 2.84. The third kappa shape index (κ3) is 4.26. The van der Waals surface area contributed by atoms with Crippen molar-refractivity contribution >= 4 is 21.7 Å². The Morgan fingerprint density at radius 1 is 1.18 bits per heavy atom. The molecule has 0 bridgehead atoms. The largest absolute Gasteiger partial charge is 0.299 e. The van der Waals surface area contributed by atoms with Gasteiger partial charge in [-0.25, -0.2) is 0 Å². The predicted molar refractivity (Wildman–Crippen MR) is 94.0 cm³/mol. The van der Waals surface area contributed by atoms with Crippen molar-refractivity contribution in [3.63, 3.8) is 0 Å². The van der Waals surface area contributed by atoms with Crippen LogP contribution in [0.2, 0.25) is 0 Å². The summed E-state index contributed by atoms with van der Waals surface area (Å²) in [6.07, 6.45) is 2.21. The number of halogens is 1. The molecule has 1 atom stereocenters. The number of ketones is 1. The van der Waals surface area contributed by atoms with Gasteiger partial charge in [0.25, 0.3) is 0 Å². The molecular formula is C19H22BrNO. The van der Waals surface area contributed by atoms with Gasteiger partial charge in [-0.2, -0.15) is 0 Å². The summed E-state index contributed by atoms with van der Waals surface area (Å²) >= 11 is 3.45. The van der Waals surface area contributed by atoms with E-state index in [2.05, 4.69) is 41.7 Å². The van der Waals surface area contributed by atoms with Gasteiger partial charge in [0.1, 0.15) is 5.78 Å². The highest BCUT2D eigenvalue weighted by Crippen LogP contribution is 2.37. The highest BCUT2D eigenvalue weighted by molar-refractivity contribution is 9.10. The Morgan fingerprint density at radius 3 is 2.36 bits per heavy atom. The highest BCUT2D eigenvalue weighted by Gasteiger charge is 2.32. The van der Waals surface area contributed by atoms with Crippen molar-refractivity contribution in [2.45, 2.75) is 40.0 Å². The zero-order valence-corrected chi connectivity index (χ0v) is 15.1. The second-order valence-electron chi connectivity index (χ2n) is 6.80. The van der Waals surface area contributed by atoms with Crippen molar-refractivity contribution in [3.05, 3.63) is 63.9 Å². The number of hydrogen-bond acceptors (Lipinski definition) is 2. The lowest BCUT2D eigenvalue weighted by Gasteiger charge is -2.30. The Balaban J connectivity index is 2.29. The Morgan fingerprint density at radius 2 is 1.82 bits per heavy atom. The van der Waals surface area contributed by atoms with E-state index in [4.69, 9.17) is 0 Å². The molecule has 2 aromatic rings. The minimum Gasteiger partial charge on any atom is -0.299 e. The molecule has 0 aliphatic heterocycles. The van der Waals surface area contributed by atoms with Crippen LogP contribution in [0.4, 0.5) is 0 Å². The number of nitrogens with zero attached hydrogens (tertiary/aromatic N) is 1. The van der Waals surface area contributed by atoms with Gasteiger partial charge in [-0.15, -0.1) is 0 Å². The van der Waals surface area contributed by atoms with Gasteiger partial charge in [-0.3, -0.25) is 9.78 Å². The Bertz CT molecular complexity index is 656. The number of carbonyl (C=O) groups excluding carboxylic acids is 1. The lowest BCUT2D eigenvalue weighted by Crippen LogP contribution is -2.27. The Hall–Kier alpha value is -1.48. The second kappa shape index (κ2) is 6.74.